The third-order valence-electron chi connectivity index (χ3n) is 3.86. The summed E-state index contributed by atoms with van der Waals surface area (Å²) >= 11 is 1.05. The molecular formula is C19H17FN2O3S2. The number of nitrogens with one attached hydrogen (secondary N) is 1. The number of halogens is 1. The fourth-order valence-corrected chi connectivity index (χ4v) is 5.00. The Morgan fingerprint density at radius 2 is 1.78 bits per heavy atom. The number of thiophene rings is 1. The zero-order chi connectivity index (χ0) is 19.4. The van der Waals surface area contributed by atoms with Crippen molar-refractivity contribution in [3.63, 3.8) is 0 Å². The van der Waals surface area contributed by atoms with E-state index in [1.165, 1.54) is 18.2 Å². The van der Waals surface area contributed by atoms with E-state index in [2.05, 4.69) is 5.32 Å². The van der Waals surface area contributed by atoms with Crippen LogP contribution in [0.2, 0.25) is 0 Å². The van der Waals surface area contributed by atoms with E-state index in [4.69, 9.17) is 0 Å². The maximum atomic E-state index is 13.3. The average molecular weight is 404 g/mol. The fourth-order valence-electron chi connectivity index (χ4n) is 2.47. The van der Waals surface area contributed by atoms with Gasteiger partial charge in [-0.1, -0.05) is 24.3 Å². The first-order valence-electron chi connectivity index (χ1n) is 8.05. The van der Waals surface area contributed by atoms with Crippen LogP contribution >= 0.6 is 11.3 Å². The topological polar surface area (TPSA) is 66.5 Å². The Balaban J connectivity index is 1.92. The van der Waals surface area contributed by atoms with Crippen LogP contribution in [-0.2, 0) is 14.8 Å². The predicted molar refractivity (Wildman–Crippen MR) is 105 cm³/mol. The molecule has 1 heterocycles. The highest BCUT2D eigenvalue weighted by Crippen LogP contribution is 2.27. The highest BCUT2D eigenvalue weighted by Gasteiger charge is 2.28. The molecule has 5 nitrogen and oxygen atoms in total. The molecule has 0 aliphatic carbocycles. The summed E-state index contributed by atoms with van der Waals surface area (Å²) in [5.74, 6) is -0.981. The average Bonchev–Trinajstić information content (AvgIpc) is 3.18. The number of carbonyl (C=O) groups excluding carboxylic acids is 1. The zero-order valence-electron chi connectivity index (χ0n) is 14.4. The molecule has 3 aromatic rings. The van der Waals surface area contributed by atoms with Gasteiger partial charge in [-0.25, -0.2) is 12.8 Å². The van der Waals surface area contributed by atoms with Gasteiger partial charge < -0.3 is 5.32 Å². The molecule has 0 bridgehead atoms. The molecule has 0 spiro atoms. The molecule has 1 amide bonds. The first-order valence-corrected chi connectivity index (χ1v) is 10.4. The molecule has 1 N–H and O–H groups in total. The molecule has 0 unspecified atom stereocenters. The van der Waals surface area contributed by atoms with Crippen LogP contribution in [0.25, 0.3) is 0 Å². The number of carbonyl (C=O) groups is 1. The fraction of sp³-hybridized carbons (Fsp3) is 0.105. The molecule has 0 aliphatic rings. The van der Waals surface area contributed by atoms with Gasteiger partial charge in [0, 0.05) is 5.69 Å². The highest BCUT2D eigenvalue weighted by molar-refractivity contribution is 7.94. The second kappa shape index (κ2) is 7.89. The summed E-state index contributed by atoms with van der Waals surface area (Å²) in [5, 5.41) is 4.37. The Bertz CT molecular complexity index is 1030. The van der Waals surface area contributed by atoms with Gasteiger partial charge in [0.25, 0.3) is 10.0 Å². The highest BCUT2D eigenvalue weighted by atomic mass is 32.2. The van der Waals surface area contributed by atoms with E-state index in [9.17, 15) is 17.6 Å². The van der Waals surface area contributed by atoms with Gasteiger partial charge in [0.2, 0.25) is 5.91 Å². The lowest BCUT2D eigenvalue weighted by Crippen LogP contribution is -2.38. The molecule has 0 saturated heterocycles. The summed E-state index contributed by atoms with van der Waals surface area (Å²) in [6.07, 6.45) is 0. The van der Waals surface area contributed by atoms with Crippen LogP contribution in [0.5, 0.6) is 0 Å². The van der Waals surface area contributed by atoms with E-state index in [1.54, 1.807) is 23.6 Å². The minimum atomic E-state index is -3.95. The summed E-state index contributed by atoms with van der Waals surface area (Å²) < 4.78 is 40.3. The Labute approximate surface area is 161 Å². The van der Waals surface area contributed by atoms with Crippen molar-refractivity contribution in [2.75, 3.05) is 16.2 Å². The van der Waals surface area contributed by atoms with E-state index < -0.39 is 28.3 Å². The summed E-state index contributed by atoms with van der Waals surface area (Å²) in [7, 11) is -3.95. The molecule has 8 heteroatoms. The number of para-hydroxylation sites is 1. The normalized spacial score (nSPS) is 11.2. The molecule has 140 valence electrons. The number of nitrogens with zero attached hydrogens (tertiary/aromatic N) is 1. The maximum Gasteiger partial charge on any atom is 0.274 e. The van der Waals surface area contributed by atoms with Crippen molar-refractivity contribution in [3.05, 3.63) is 77.4 Å². The summed E-state index contributed by atoms with van der Waals surface area (Å²) in [6, 6.07) is 15.3. The first-order chi connectivity index (χ1) is 12.9. The quantitative estimate of drug-likeness (QED) is 0.675. The Morgan fingerprint density at radius 1 is 1.07 bits per heavy atom. The van der Waals surface area contributed by atoms with Crippen LogP contribution in [0, 0.1) is 12.7 Å². The van der Waals surface area contributed by atoms with E-state index in [0.717, 1.165) is 33.3 Å². The molecule has 0 atom stereocenters. The molecule has 2 aromatic carbocycles. The zero-order valence-corrected chi connectivity index (χ0v) is 16.1. The van der Waals surface area contributed by atoms with Gasteiger partial charge in [-0.15, -0.1) is 11.3 Å². The van der Waals surface area contributed by atoms with Crippen LogP contribution in [0.4, 0.5) is 15.8 Å². The second-order valence-electron chi connectivity index (χ2n) is 5.78. The summed E-state index contributed by atoms with van der Waals surface area (Å²) in [5.41, 5.74) is 1.68. The van der Waals surface area contributed by atoms with Crippen LogP contribution in [-0.4, -0.2) is 20.9 Å². The summed E-state index contributed by atoms with van der Waals surface area (Å²) in [4.78, 5) is 12.5. The number of rotatable bonds is 6. The lowest BCUT2D eigenvalue weighted by Gasteiger charge is -2.23. The smallest absolute Gasteiger partial charge is 0.274 e. The Hall–Kier alpha value is -2.71. The van der Waals surface area contributed by atoms with Crippen LogP contribution < -0.4 is 9.62 Å². The molecule has 0 fully saturated rings. The number of hydrogen-bond acceptors (Lipinski definition) is 4. The van der Waals surface area contributed by atoms with Crippen molar-refractivity contribution in [2.24, 2.45) is 0 Å². The van der Waals surface area contributed by atoms with Gasteiger partial charge in [-0.2, -0.15) is 0 Å². The largest absolute Gasteiger partial charge is 0.324 e. The minimum Gasteiger partial charge on any atom is -0.324 e. The van der Waals surface area contributed by atoms with Gasteiger partial charge in [0.05, 0.1) is 5.69 Å². The van der Waals surface area contributed by atoms with E-state index in [1.807, 2.05) is 19.1 Å². The van der Waals surface area contributed by atoms with E-state index >= 15 is 0 Å². The van der Waals surface area contributed by atoms with Gasteiger partial charge in [-0.3, -0.25) is 9.10 Å². The molecule has 1 aromatic heterocycles. The molecule has 3 rings (SSSR count). The monoisotopic (exact) mass is 404 g/mol. The van der Waals surface area contributed by atoms with Crippen molar-refractivity contribution in [1.82, 2.24) is 0 Å². The number of amides is 1. The van der Waals surface area contributed by atoms with E-state index in [-0.39, 0.29) is 9.90 Å². The third-order valence-corrected chi connectivity index (χ3v) is 7.01. The number of anilines is 2. The predicted octanol–water partition coefficient (Wildman–Crippen LogP) is 4.03. The summed E-state index contributed by atoms with van der Waals surface area (Å²) in [6.45, 7) is 1.41. The van der Waals surface area contributed by atoms with Crippen molar-refractivity contribution in [1.29, 1.82) is 0 Å². The molecular weight excluding hydrogens is 387 g/mol. The third kappa shape index (κ3) is 4.35. The number of benzene rings is 2. The molecule has 0 saturated carbocycles. The van der Waals surface area contributed by atoms with Crippen molar-refractivity contribution < 1.29 is 17.6 Å². The van der Waals surface area contributed by atoms with Crippen LogP contribution in [0.1, 0.15) is 5.56 Å². The Kier molecular flexibility index (Phi) is 5.57. The lowest BCUT2D eigenvalue weighted by atomic mass is 10.2. The van der Waals surface area contributed by atoms with Crippen LogP contribution in [0.3, 0.4) is 0 Å². The molecule has 0 aliphatic heterocycles. The maximum absolute atomic E-state index is 13.3. The first kappa shape index (κ1) is 19.1. The SMILES string of the molecule is Cc1ccccc1NC(=O)CN(c1ccc(F)cc1)S(=O)(=O)c1cccs1. The van der Waals surface area contributed by atoms with E-state index in [0.29, 0.717) is 5.69 Å². The van der Waals surface area contributed by atoms with Gasteiger partial charge in [0.15, 0.2) is 0 Å². The Morgan fingerprint density at radius 3 is 2.41 bits per heavy atom. The van der Waals surface area contributed by atoms with Crippen LogP contribution in [0.15, 0.2) is 70.3 Å². The number of aryl methyl sites for hydroxylation is 1. The van der Waals surface area contributed by atoms with Gasteiger partial charge in [-0.05, 0) is 54.3 Å². The standard InChI is InChI=1S/C19H17FN2O3S2/c1-14-5-2-3-6-17(14)21-18(23)13-22(16-10-8-15(20)9-11-16)27(24,25)19-7-4-12-26-19/h2-12H,13H2,1H3,(H,21,23). The molecule has 27 heavy (non-hydrogen) atoms. The van der Waals surface area contributed by atoms with Crippen molar-refractivity contribution >= 4 is 38.6 Å². The molecule has 0 radical (unpaired) electrons. The van der Waals surface area contributed by atoms with Gasteiger partial charge in [0.1, 0.15) is 16.6 Å². The minimum absolute atomic E-state index is 0.107. The number of hydrogen-bond donors (Lipinski definition) is 1. The lowest BCUT2D eigenvalue weighted by molar-refractivity contribution is -0.114. The van der Waals surface area contributed by atoms with Gasteiger partial charge >= 0.3 is 0 Å². The van der Waals surface area contributed by atoms with Crippen molar-refractivity contribution in [3.8, 4) is 0 Å². The van der Waals surface area contributed by atoms with Crippen molar-refractivity contribution in [2.45, 2.75) is 11.1 Å². The second-order valence-corrected chi connectivity index (χ2v) is 8.82. The number of sulfonamides is 1.